The average molecular weight is 445 g/mol. The van der Waals surface area contributed by atoms with Crippen molar-refractivity contribution in [2.45, 2.75) is 0 Å². The number of hydrogen-bond acceptors (Lipinski definition) is 6. The van der Waals surface area contributed by atoms with E-state index in [2.05, 4.69) is 4.98 Å². The number of benzene rings is 3. The van der Waals surface area contributed by atoms with E-state index in [0.29, 0.717) is 21.3 Å². The molecule has 32 heavy (non-hydrogen) atoms. The minimum Gasteiger partial charge on any atom is -0.288 e. The van der Waals surface area contributed by atoms with Crippen LogP contribution < -0.4 is 11.0 Å². The van der Waals surface area contributed by atoms with Crippen LogP contribution >= 0.6 is 11.3 Å². The molecule has 5 rings (SSSR count). The van der Waals surface area contributed by atoms with Gasteiger partial charge in [-0.05, 0) is 48.5 Å². The lowest BCUT2D eigenvalue weighted by Gasteiger charge is -2.14. The number of nitro groups is 1. The molecule has 3 aromatic carbocycles. The van der Waals surface area contributed by atoms with E-state index in [0.717, 1.165) is 0 Å². The Morgan fingerprint density at radius 2 is 1.62 bits per heavy atom. The molecule has 0 radical (unpaired) electrons. The van der Waals surface area contributed by atoms with E-state index in [1.807, 2.05) is 0 Å². The quantitative estimate of drug-likeness (QED) is 0.228. The van der Waals surface area contributed by atoms with E-state index in [1.54, 1.807) is 24.3 Å². The highest BCUT2D eigenvalue weighted by molar-refractivity contribution is 7.24. The first-order valence-corrected chi connectivity index (χ1v) is 10.2. The van der Waals surface area contributed by atoms with Crippen LogP contribution in [0.15, 0.2) is 82.4 Å². The second-order valence-electron chi connectivity index (χ2n) is 6.96. The molecule has 0 saturated heterocycles. The third-order valence-electron chi connectivity index (χ3n) is 5.04. The largest absolute Gasteiger partial charge is 0.288 e. The Labute approximate surface area is 182 Å². The van der Waals surface area contributed by atoms with Crippen LogP contribution in [0.4, 0.5) is 10.1 Å². The van der Waals surface area contributed by atoms with Crippen molar-refractivity contribution in [3.05, 3.63) is 109 Å². The molecule has 0 spiro atoms. The number of fused-ring (bicyclic) bond motifs is 2. The molecule has 0 atom stereocenters. The second kappa shape index (κ2) is 7.47. The van der Waals surface area contributed by atoms with Gasteiger partial charge in [0, 0.05) is 27.8 Å². The molecule has 0 N–H and O–H groups in total. The SMILES string of the molecule is O=c1c2ccccc2sc2nc(-c3ccc([N+](=O)[O-])cc3)n(-c3ccc(F)cc3)c(=O)c12. The van der Waals surface area contributed by atoms with E-state index in [1.165, 1.54) is 64.4 Å². The zero-order valence-electron chi connectivity index (χ0n) is 16.2. The maximum absolute atomic E-state index is 13.6. The maximum atomic E-state index is 13.6. The third-order valence-corrected chi connectivity index (χ3v) is 6.10. The smallest absolute Gasteiger partial charge is 0.271 e. The molecule has 156 valence electrons. The number of non-ortho nitro benzene ring substituents is 1. The summed E-state index contributed by atoms with van der Waals surface area (Å²) in [4.78, 5) is 42.1. The number of rotatable bonds is 3. The Bertz CT molecular complexity index is 1640. The number of hydrogen-bond donors (Lipinski definition) is 0. The monoisotopic (exact) mass is 445 g/mol. The van der Waals surface area contributed by atoms with Crippen molar-refractivity contribution in [3.63, 3.8) is 0 Å². The Morgan fingerprint density at radius 3 is 2.31 bits per heavy atom. The highest BCUT2D eigenvalue weighted by Crippen LogP contribution is 2.27. The van der Waals surface area contributed by atoms with Gasteiger partial charge in [0.1, 0.15) is 21.9 Å². The Balaban J connectivity index is 1.90. The van der Waals surface area contributed by atoms with Crippen molar-refractivity contribution in [2.75, 3.05) is 0 Å². The van der Waals surface area contributed by atoms with E-state index >= 15 is 0 Å². The van der Waals surface area contributed by atoms with Gasteiger partial charge in [-0.25, -0.2) is 9.37 Å². The summed E-state index contributed by atoms with van der Waals surface area (Å²) in [5.41, 5.74) is -0.385. The molecular weight excluding hydrogens is 433 g/mol. The van der Waals surface area contributed by atoms with Gasteiger partial charge in [0.15, 0.2) is 0 Å². The standard InChI is InChI=1S/C23H12FN3O4S/c24-14-7-11-15(12-8-14)26-21(13-5-9-16(10-6-13)27(30)31)25-22-19(23(26)29)20(28)17-3-1-2-4-18(17)32-22/h1-12H. The van der Waals surface area contributed by atoms with Crippen LogP contribution in [0.3, 0.4) is 0 Å². The van der Waals surface area contributed by atoms with Crippen molar-refractivity contribution in [2.24, 2.45) is 0 Å². The van der Waals surface area contributed by atoms with Gasteiger partial charge in [0.05, 0.1) is 10.6 Å². The van der Waals surface area contributed by atoms with Crippen LogP contribution in [0, 0.1) is 15.9 Å². The average Bonchev–Trinajstić information content (AvgIpc) is 2.80. The Hall–Kier alpha value is -4.24. The zero-order chi connectivity index (χ0) is 22.4. The highest BCUT2D eigenvalue weighted by atomic mass is 32.1. The minimum absolute atomic E-state index is 0.0660. The van der Waals surface area contributed by atoms with Crippen LogP contribution in [0.5, 0.6) is 0 Å². The van der Waals surface area contributed by atoms with Crippen LogP contribution in [0.25, 0.3) is 37.4 Å². The van der Waals surface area contributed by atoms with Gasteiger partial charge in [-0.3, -0.25) is 24.3 Å². The topological polar surface area (TPSA) is 95.1 Å². The molecule has 0 saturated carbocycles. The molecule has 5 aromatic rings. The Morgan fingerprint density at radius 1 is 0.938 bits per heavy atom. The molecule has 0 unspecified atom stereocenters. The maximum Gasteiger partial charge on any atom is 0.271 e. The highest BCUT2D eigenvalue weighted by Gasteiger charge is 2.19. The van der Waals surface area contributed by atoms with Gasteiger partial charge in [-0.15, -0.1) is 11.3 Å². The fourth-order valence-corrected chi connectivity index (χ4v) is 4.55. The van der Waals surface area contributed by atoms with E-state index in [9.17, 15) is 24.1 Å². The zero-order valence-corrected chi connectivity index (χ0v) is 17.0. The van der Waals surface area contributed by atoms with E-state index in [4.69, 9.17) is 0 Å². The third kappa shape index (κ3) is 3.15. The molecule has 9 heteroatoms. The van der Waals surface area contributed by atoms with Crippen LogP contribution in [-0.2, 0) is 0 Å². The minimum atomic E-state index is -0.595. The molecule has 0 fully saturated rings. The second-order valence-corrected chi connectivity index (χ2v) is 7.99. The first kappa shape index (κ1) is 19.7. The molecule has 0 aliphatic heterocycles. The number of halogens is 1. The molecule has 2 aromatic heterocycles. The normalized spacial score (nSPS) is 11.2. The van der Waals surface area contributed by atoms with Crippen LogP contribution in [0.1, 0.15) is 0 Å². The molecule has 0 bridgehead atoms. The van der Waals surface area contributed by atoms with E-state index < -0.39 is 21.7 Å². The number of aromatic nitrogens is 2. The van der Waals surface area contributed by atoms with Gasteiger partial charge in [0.25, 0.3) is 11.2 Å². The molecule has 0 amide bonds. The lowest BCUT2D eigenvalue weighted by Crippen LogP contribution is -2.26. The van der Waals surface area contributed by atoms with Gasteiger partial charge in [0.2, 0.25) is 5.43 Å². The first-order valence-electron chi connectivity index (χ1n) is 9.43. The van der Waals surface area contributed by atoms with Crippen molar-refractivity contribution in [1.29, 1.82) is 0 Å². The van der Waals surface area contributed by atoms with Gasteiger partial charge in [-0.1, -0.05) is 12.1 Å². The molecule has 0 aliphatic carbocycles. The van der Waals surface area contributed by atoms with Crippen molar-refractivity contribution in [3.8, 4) is 17.1 Å². The summed E-state index contributed by atoms with van der Waals surface area (Å²) < 4.78 is 15.4. The lowest BCUT2D eigenvalue weighted by molar-refractivity contribution is -0.384. The fourth-order valence-electron chi connectivity index (χ4n) is 3.51. The lowest BCUT2D eigenvalue weighted by atomic mass is 10.1. The van der Waals surface area contributed by atoms with Crippen LogP contribution in [0.2, 0.25) is 0 Å². The summed E-state index contributed by atoms with van der Waals surface area (Å²) in [7, 11) is 0. The van der Waals surface area contributed by atoms with Crippen molar-refractivity contribution < 1.29 is 9.31 Å². The fraction of sp³-hybridized carbons (Fsp3) is 0. The Kier molecular flexibility index (Phi) is 4.60. The van der Waals surface area contributed by atoms with Gasteiger partial charge >= 0.3 is 0 Å². The summed E-state index contributed by atoms with van der Waals surface area (Å²) in [5, 5.41) is 11.4. The van der Waals surface area contributed by atoms with Crippen LogP contribution in [-0.4, -0.2) is 14.5 Å². The number of nitrogens with zero attached hydrogens (tertiary/aromatic N) is 3. The first-order chi connectivity index (χ1) is 15.4. The summed E-state index contributed by atoms with van der Waals surface area (Å²) in [5.74, 6) is -0.292. The summed E-state index contributed by atoms with van der Waals surface area (Å²) in [6, 6.07) is 17.7. The predicted octanol–water partition coefficient (Wildman–Crippen LogP) is 4.67. The molecule has 2 heterocycles. The number of nitro benzene ring substituents is 1. The van der Waals surface area contributed by atoms with E-state index in [-0.39, 0.29) is 21.7 Å². The summed E-state index contributed by atoms with van der Waals surface area (Å²) >= 11 is 1.21. The van der Waals surface area contributed by atoms with Crippen molar-refractivity contribution in [1.82, 2.24) is 9.55 Å². The summed E-state index contributed by atoms with van der Waals surface area (Å²) in [6.07, 6.45) is 0. The van der Waals surface area contributed by atoms with Gasteiger partial charge < -0.3 is 0 Å². The predicted molar refractivity (Wildman–Crippen MR) is 121 cm³/mol. The van der Waals surface area contributed by atoms with Crippen molar-refractivity contribution >= 4 is 37.3 Å². The molecule has 0 aliphatic rings. The van der Waals surface area contributed by atoms with Gasteiger partial charge in [-0.2, -0.15) is 0 Å². The summed E-state index contributed by atoms with van der Waals surface area (Å²) in [6.45, 7) is 0. The molecule has 7 nitrogen and oxygen atoms in total. The molecular formula is C23H12FN3O4S.